The molecular formula is C20H21F3O3. The van der Waals surface area contributed by atoms with Crippen molar-refractivity contribution in [2.24, 2.45) is 0 Å². The molecule has 3 rings (SSSR count). The predicted octanol–water partition coefficient (Wildman–Crippen LogP) is 4.94. The summed E-state index contributed by atoms with van der Waals surface area (Å²) in [5, 5.41) is 0. The first kappa shape index (κ1) is 18.7. The van der Waals surface area contributed by atoms with E-state index in [-0.39, 0.29) is 12.4 Å². The summed E-state index contributed by atoms with van der Waals surface area (Å²) in [5.74, 6) is 0.182. The molecule has 3 nitrogen and oxygen atoms in total. The summed E-state index contributed by atoms with van der Waals surface area (Å²) in [6, 6.07) is 13.2. The van der Waals surface area contributed by atoms with Crippen LogP contribution >= 0.6 is 0 Å². The van der Waals surface area contributed by atoms with Crippen LogP contribution in [0, 0.1) is 0 Å². The number of ether oxygens (including phenoxy) is 3. The van der Waals surface area contributed by atoms with Crippen LogP contribution in [0.15, 0.2) is 48.5 Å². The number of hydrogen-bond acceptors (Lipinski definition) is 3. The molecule has 0 N–H and O–H groups in total. The van der Waals surface area contributed by atoms with Crippen molar-refractivity contribution >= 4 is 0 Å². The van der Waals surface area contributed by atoms with Crippen molar-refractivity contribution in [3.05, 3.63) is 65.2 Å². The molecule has 0 aliphatic carbocycles. The predicted molar refractivity (Wildman–Crippen MR) is 91.0 cm³/mol. The molecule has 0 unspecified atom stereocenters. The van der Waals surface area contributed by atoms with E-state index in [4.69, 9.17) is 14.2 Å². The maximum absolute atomic E-state index is 13.4. The first-order chi connectivity index (χ1) is 12.4. The Hall–Kier alpha value is -2.05. The molecule has 1 aliphatic rings. The third-order valence-electron chi connectivity index (χ3n) is 4.70. The number of benzene rings is 2. The van der Waals surface area contributed by atoms with Crippen LogP contribution in [-0.2, 0) is 27.9 Å². The zero-order chi connectivity index (χ0) is 18.6. The van der Waals surface area contributed by atoms with Gasteiger partial charge in [-0.2, -0.15) is 13.2 Å². The molecule has 26 heavy (non-hydrogen) atoms. The minimum atomic E-state index is -4.46. The van der Waals surface area contributed by atoms with Gasteiger partial charge in [0, 0.05) is 33.2 Å². The summed E-state index contributed by atoms with van der Waals surface area (Å²) in [5.41, 5.74) is -0.161. The fraction of sp³-hybridized carbons (Fsp3) is 0.400. The van der Waals surface area contributed by atoms with Crippen molar-refractivity contribution in [1.82, 2.24) is 0 Å². The van der Waals surface area contributed by atoms with Crippen LogP contribution in [0.25, 0.3) is 0 Å². The number of methoxy groups -OCH3 is 1. The van der Waals surface area contributed by atoms with Crippen LogP contribution < -0.4 is 4.74 Å². The van der Waals surface area contributed by atoms with Crippen LogP contribution in [0.2, 0.25) is 0 Å². The van der Waals surface area contributed by atoms with E-state index in [0.29, 0.717) is 31.6 Å². The largest absolute Gasteiger partial charge is 0.489 e. The van der Waals surface area contributed by atoms with Gasteiger partial charge < -0.3 is 14.2 Å². The van der Waals surface area contributed by atoms with Crippen molar-refractivity contribution in [2.75, 3.05) is 20.3 Å². The Labute approximate surface area is 150 Å². The van der Waals surface area contributed by atoms with Gasteiger partial charge in [-0.25, -0.2) is 0 Å². The van der Waals surface area contributed by atoms with Crippen molar-refractivity contribution in [1.29, 1.82) is 0 Å². The molecule has 0 atom stereocenters. The van der Waals surface area contributed by atoms with Crippen molar-refractivity contribution in [3.63, 3.8) is 0 Å². The normalized spacial score (nSPS) is 17.1. The summed E-state index contributed by atoms with van der Waals surface area (Å²) in [4.78, 5) is 0. The molecular weight excluding hydrogens is 345 g/mol. The zero-order valence-corrected chi connectivity index (χ0v) is 14.5. The van der Waals surface area contributed by atoms with E-state index in [1.807, 2.05) is 30.3 Å². The standard InChI is InChI=1S/C20H21F3O3/c1-24-19(7-9-25-10-8-19)16-11-17(20(21,22)23)13-18(12-16)26-14-15-5-3-2-4-6-15/h2-6,11-13H,7-10,14H2,1H3. The molecule has 1 saturated heterocycles. The highest BCUT2D eigenvalue weighted by atomic mass is 19.4. The Morgan fingerprint density at radius 2 is 1.73 bits per heavy atom. The van der Waals surface area contributed by atoms with E-state index in [9.17, 15) is 13.2 Å². The monoisotopic (exact) mass is 366 g/mol. The number of rotatable bonds is 5. The summed E-state index contributed by atoms with van der Waals surface area (Å²) in [7, 11) is 1.52. The lowest BCUT2D eigenvalue weighted by molar-refractivity contribution is -0.138. The highest BCUT2D eigenvalue weighted by Gasteiger charge is 2.38. The molecule has 0 bridgehead atoms. The molecule has 1 fully saturated rings. The van der Waals surface area contributed by atoms with Gasteiger partial charge in [0.1, 0.15) is 12.4 Å². The molecule has 2 aromatic carbocycles. The lowest BCUT2D eigenvalue weighted by Gasteiger charge is -2.36. The molecule has 0 spiro atoms. The average molecular weight is 366 g/mol. The number of alkyl halides is 3. The molecule has 6 heteroatoms. The maximum atomic E-state index is 13.4. The summed E-state index contributed by atoms with van der Waals surface area (Å²) >= 11 is 0. The van der Waals surface area contributed by atoms with Crippen molar-refractivity contribution < 1.29 is 27.4 Å². The molecule has 0 aromatic heterocycles. The quantitative estimate of drug-likeness (QED) is 0.750. The van der Waals surface area contributed by atoms with Gasteiger partial charge in [0.25, 0.3) is 0 Å². The van der Waals surface area contributed by atoms with Crippen LogP contribution in [0.3, 0.4) is 0 Å². The first-order valence-electron chi connectivity index (χ1n) is 8.45. The minimum Gasteiger partial charge on any atom is -0.489 e. The third-order valence-corrected chi connectivity index (χ3v) is 4.70. The van der Waals surface area contributed by atoms with E-state index < -0.39 is 17.3 Å². The van der Waals surface area contributed by atoms with E-state index >= 15 is 0 Å². The SMILES string of the molecule is COC1(c2cc(OCc3ccccc3)cc(C(F)(F)F)c2)CCOCC1. The first-order valence-corrected chi connectivity index (χ1v) is 8.45. The second-order valence-electron chi connectivity index (χ2n) is 6.33. The molecule has 1 aliphatic heterocycles. The average Bonchev–Trinajstić information content (AvgIpc) is 2.67. The van der Waals surface area contributed by atoms with Gasteiger partial charge in [-0.1, -0.05) is 30.3 Å². The van der Waals surface area contributed by atoms with E-state index in [1.54, 1.807) is 6.07 Å². The van der Waals surface area contributed by atoms with Gasteiger partial charge in [-0.05, 0) is 29.3 Å². The van der Waals surface area contributed by atoms with Gasteiger partial charge in [0.2, 0.25) is 0 Å². The molecule has 0 radical (unpaired) electrons. The zero-order valence-electron chi connectivity index (χ0n) is 14.5. The maximum Gasteiger partial charge on any atom is 0.416 e. The van der Waals surface area contributed by atoms with Crippen molar-refractivity contribution in [2.45, 2.75) is 31.2 Å². The fourth-order valence-corrected chi connectivity index (χ4v) is 3.16. The van der Waals surface area contributed by atoms with E-state index in [2.05, 4.69) is 0 Å². The van der Waals surface area contributed by atoms with Crippen LogP contribution in [-0.4, -0.2) is 20.3 Å². The molecule has 1 heterocycles. The van der Waals surface area contributed by atoms with Crippen LogP contribution in [0.5, 0.6) is 5.75 Å². The Bertz CT molecular complexity index is 723. The fourth-order valence-electron chi connectivity index (χ4n) is 3.16. The Balaban J connectivity index is 1.93. The van der Waals surface area contributed by atoms with Gasteiger partial charge in [0.15, 0.2) is 0 Å². The summed E-state index contributed by atoms with van der Waals surface area (Å²) in [6.07, 6.45) is -3.45. The highest BCUT2D eigenvalue weighted by molar-refractivity contribution is 5.39. The molecule has 140 valence electrons. The third kappa shape index (κ3) is 4.19. The second kappa shape index (κ2) is 7.68. The molecule has 0 amide bonds. The summed E-state index contributed by atoms with van der Waals surface area (Å²) in [6.45, 7) is 1.10. The molecule has 0 saturated carbocycles. The topological polar surface area (TPSA) is 27.7 Å². The number of hydrogen-bond donors (Lipinski definition) is 0. The lowest BCUT2D eigenvalue weighted by Crippen LogP contribution is -2.35. The Morgan fingerprint density at radius 1 is 1.04 bits per heavy atom. The van der Waals surface area contributed by atoms with Crippen molar-refractivity contribution in [3.8, 4) is 5.75 Å². The second-order valence-corrected chi connectivity index (χ2v) is 6.33. The van der Waals surface area contributed by atoms with Gasteiger partial charge in [0.05, 0.1) is 11.2 Å². The van der Waals surface area contributed by atoms with Crippen LogP contribution in [0.1, 0.15) is 29.5 Å². The smallest absolute Gasteiger partial charge is 0.416 e. The van der Waals surface area contributed by atoms with E-state index in [0.717, 1.165) is 17.7 Å². The Morgan fingerprint density at radius 3 is 2.35 bits per heavy atom. The number of halogens is 3. The highest BCUT2D eigenvalue weighted by Crippen LogP contribution is 2.41. The van der Waals surface area contributed by atoms with Gasteiger partial charge >= 0.3 is 6.18 Å². The van der Waals surface area contributed by atoms with E-state index in [1.165, 1.54) is 7.11 Å². The minimum absolute atomic E-state index is 0.182. The van der Waals surface area contributed by atoms with Crippen LogP contribution in [0.4, 0.5) is 13.2 Å². The molecule has 2 aromatic rings. The van der Waals surface area contributed by atoms with Gasteiger partial charge in [-0.15, -0.1) is 0 Å². The summed E-state index contributed by atoms with van der Waals surface area (Å²) < 4.78 is 56.8. The van der Waals surface area contributed by atoms with Gasteiger partial charge in [-0.3, -0.25) is 0 Å². The lowest BCUT2D eigenvalue weighted by atomic mass is 9.85. The Kier molecular flexibility index (Phi) is 5.53.